The molecule has 0 unspecified atom stereocenters. The highest BCUT2D eigenvalue weighted by Gasteiger charge is 2.04. The van der Waals surface area contributed by atoms with E-state index in [0.717, 1.165) is 23.3 Å². The lowest BCUT2D eigenvalue weighted by Crippen LogP contribution is -2.21. The number of hydrogen-bond donors (Lipinski definition) is 1. The summed E-state index contributed by atoms with van der Waals surface area (Å²) >= 11 is 0. The lowest BCUT2D eigenvalue weighted by Gasteiger charge is -2.06. The monoisotopic (exact) mass is 308 g/mol. The summed E-state index contributed by atoms with van der Waals surface area (Å²) in [5.74, 6) is -0.0996. The molecule has 0 spiro atoms. The molecule has 0 aliphatic carbocycles. The van der Waals surface area contributed by atoms with Gasteiger partial charge in [-0.3, -0.25) is 4.79 Å². The third kappa shape index (κ3) is 4.78. The number of carbonyl (C=O) groups is 1. The maximum Gasteiger partial charge on any atom is 0.244 e. The Kier molecular flexibility index (Phi) is 5.69. The topological polar surface area (TPSA) is 41.5 Å². The Morgan fingerprint density at radius 3 is 2.26 bits per heavy atom. The first-order valence-electron chi connectivity index (χ1n) is 7.98. The van der Waals surface area contributed by atoms with E-state index in [1.54, 1.807) is 0 Å². The lowest BCUT2D eigenvalue weighted by atomic mass is 10.0. The van der Waals surface area contributed by atoms with Crippen LogP contribution in [-0.4, -0.2) is 11.6 Å². The predicted molar refractivity (Wildman–Crippen MR) is 95.8 cm³/mol. The van der Waals surface area contributed by atoms with Gasteiger partial charge in [-0.1, -0.05) is 43.3 Å². The van der Waals surface area contributed by atoms with Crippen LogP contribution in [0.5, 0.6) is 0 Å². The van der Waals surface area contributed by atoms with Crippen molar-refractivity contribution in [2.24, 2.45) is 5.10 Å². The third-order valence-electron chi connectivity index (χ3n) is 4.07. The molecule has 0 radical (unpaired) electrons. The van der Waals surface area contributed by atoms with Crippen molar-refractivity contribution >= 4 is 11.6 Å². The largest absolute Gasteiger partial charge is 0.273 e. The first-order chi connectivity index (χ1) is 11.0. The van der Waals surface area contributed by atoms with Gasteiger partial charge in [-0.05, 0) is 61.1 Å². The highest BCUT2D eigenvalue weighted by atomic mass is 16.2. The molecule has 0 fully saturated rings. The molecule has 1 N–H and O–H groups in total. The average Bonchev–Trinajstić information content (AvgIpc) is 2.56. The van der Waals surface area contributed by atoms with Gasteiger partial charge >= 0.3 is 0 Å². The minimum Gasteiger partial charge on any atom is -0.273 e. The van der Waals surface area contributed by atoms with Crippen molar-refractivity contribution in [1.29, 1.82) is 0 Å². The van der Waals surface area contributed by atoms with E-state index in [2.05, 4.69) is 55.6 Å². The van der Waals surface area contributed by atoms with E-state index in [0.29, 0.717) is 6.42 Å². The van der Waals surface area contributed by atoms with Gasteiger partial charge in [0.2, 0.25) is 5.91 Å². The molecule has 0 saturated carbocycles. The van der Waals surface area contributed by atoms with Crippen LogP contribution in [0.15, 0.2) is 47.6 Å². The molecule has 23 heavy (non-hydrogen) atoms. The van der Waals surface area contributed by atoms with Crippen LogP contribution in [0.4, 0.5) is 0 Å². The van der Waals surface area contributed by atoms with Crippen LogP contribution in [0.1, 0.15) is 41.7 Å². The molecule has 0 heterocycles. The number of nitrogens with zero attached hydrogens (tertiary/aromatic N) is 1. The Labute approximate surface area is 138 Å². The van der Waals surface area contributed by atoms with Crippen LogP contribution < -0.4 is 5.43 Å². The molecule has 0 saturated heterocycles. The van der Waals surface area contributed by atoms with Crippen LogP contribution in [0.2, 0.25) is 0 Å². The Balaban J connectivity index is 1.97. The summed E-state index contributed by atoms with van der Waals surface area (Å²) in [4.78, 5) is 12.0. The molecule has 0 aromatic heterocycles. The molecule has 0 aliphatic heterocycles. The van der Waals surface area contributed by atoms with E-state index in [9.17, 15) is 4.79 Å². The molecular formula is C20H24N2O. The van der Waals surface area contributed by atoms with Crippen LogP contribution >= 0.6 is 0 Å². The predicted octanol–water partition coefficient (Wildman–Crippen LogP) is 3.95. The number of hydrazone groups is 1. The summed E-state index contributed by atoms with van der Waals surface area (Å²) in [6.45, 7) is 8.17. The number of benzene rings is 2. The van der Waals surface area contributed by atoms with Gasteiger partial charge in [0, 0.05) is 0 Å². The molecule has 3 heteroatoms. The molecular weight excluding hydrogens is 284 g/mol. The molecule has 1 amide bonds. The molecule has 120 valence electrons. The highest BCUT2D eigenvalue weighted by molar-refractivity contribution is 5.99. The first kappa shape index (κ1) is 16.9. The second kappa shape index (κ2) is 7.73. The van der Waals surface area contributed by atoms with E-state index in [1.165, 1.54) is 16.7 Å². The molecule has 0 aliphatic rings. The molecule has 2 rings (SSSR count). The summed E-state index contributed by atoms with van der Waals surface area (Å²) in [6, 6.07) is 14.3. The second-order valence-corrected chi connectivity index (χ2v) is 5.88. The summed E-state index contributed by atoms with van der Waals surface area (Å²) in [5.41, 5.74) is 9.22. The first-order valence-corrected chi connectivity index (χ1v) is 7.98. The van der Waals surface area contributed by atoms with Crippen LogP contribution in [0.25, 0.3) is 0 Å². The number of aryl methyl sites for hydroxylation is 3. The SMILES string of the molecule is CCc1ccc(CC(=O)N/N=C(/C)c2ccc(C)c(C)c2)cc1. The van der Waals surface area contributed by atoms with E-state index >= 15 is 0 Å². The standard InChI is InChI=1S/C20H24N2O/c1-5-17-7-9-18(10-8-17)13-20(23)22-21-16(4)19-11-6-14(2)15(3)12-19/h6-12H,5,13H2,1-4H3,(H,22,23)/b21-16-. The van der Waals surface area contributed by atoms with Gasteiger partial charge in [-0.25, -0.2) is 5.43 Å². The molecule has 0 atom stereocenters. The summed E-state index contributed by atoms with van der Waals surface area (Å²) in [5, 5.41) is 4.21. The fourth-order valence-electron chi connectivity index (χ4n) is 2.29. The maximum absolute atomic E-state index is 12.0. The number of nitrogens with one attached hydrogen (secondary N) is 1. The van der Waals surface area contributed by atoms with Gasteiger partial charge in [0.05, 0.1) is 12.1 Å². The van der Waals surface area contributed by atoms with E-state index in [1.807, 2.05) is 25.1 Å². The van der Waals surface area contributed by atoms with Crippen molar-refractivity contribution in [3.8, 4) is 0 Å². The summed E-state index contributed by atoms with van der Waals surface area (Å²) in [7, 11) is 0. The maximum atomic E-state index is 12.0. The van der Waals surface area contributed by atoms with Crippen molar-refractivity contribution in [2.75, 3.05) is 0 Å². The van der Waals surface area contributed by atoms with Gasteiger partial charge in [-0.2, -0.15) is 5.10 Å². The van der Waals surface area contributed by atoms with Crippen LogP contribution in [-0.2, 0) is 17.6 Å². The lowest BCUT2D eigenvalue weighted by molar-refractivity contribution is -0.120. The fraction of sp³-hybridized carbons (Fsp3) is 0.300. The van der Waals surface area contributed by atoms with Gasteiger partial charge < -0.3 is 0 Å². The van der Waals surface area contributed by atoms with E-state index in [4.69, 9.17) is 0 Å². The summed E-state index contributed by atoms with van der Waals surface area (Å²) in [6.07, 6.45) is 1.35. The smallest absolute Gasteiger partial charge is 0.244 e. The molecule has 3 nitrogen and oxygen atoms in total. The quantitative estimate of drug-likeness (QED) is 0.659. The van der Waals surface area contributed by atoms with Crippen molar-refractivity contribution in [2.45, 2.75) is 40.5 Å². The zero-order valence-corrected chi connectivity index (χ0v) is 14.3. The Bertz CT molecular complexity index is 715. The zero-order chi connectivity index (χ0) is 16.8. The number of hydrogen-bond acceptors (Lipinski definition) is 2. The van der Waals surface area contributed by atoms with Crippen molar-refractivity contribution < 1.29 is 4.79 Å². The van der Waals surface area contributed by atoms with Crippen LogP contribution in [0, 0.1) is 13.8 Å². The Hall–Kier alpha value is -2.42. The zero-order valence-electron chi connectivity index (χ0n) is 14.3. The van der Waals surface area contributed by atoms with Crippen LogP contribution in [0.3, 0.4) is 0 Å². The minimum atomic E-state index is -0.0996. The number of rotatable bonds is 5. The van der Waals surface area contributed by atoms with Gasteiger partial charge in [0.25, 0.3) is 0 Å². The van der Waals surface area contributed by atoms with E-state index in [-0.39, 0.29) is 5.91 Å². The highest BCUT2D eigenvalue weighted by Crippen LogP contribution is 2.10. The van der Waals surface area contributed by atoms with Crippen molar-refractivity contribution in [3.05, 3.63) is 70.3 Å². The average molecular weight is 308 g/mol. The van der Waals surface area contributed by atoms with Gasteiger partial charge in [-0.15, -0.1) is 0 Å². The van der Waals surface area contributed by atoms with E-state index < -0.39 is 0 Å². The van der Waals surface area contributed by atoms with Gasteiger partial charge in [0.1, 0.15) is 0 Å². The number of amides is 1. The Morgan fingerprint density at radius 2 is 1.65 bits per heavy atom. The number of carbonyl (C=O) groups excluding carboxylic acids is 1. The molecule has 2 aromatic rings. The molecule has 0 bridgehead atoms. The van der Waals surface area contributed by atoms with Gasteiger partial charge in [0.15, 0.2) is 0 Å². The second-order valence-electron chi connectivity index (χ2n) is 5.88. The molecule has 2 aromatic carbocycles. The Morgan fingerprint density at radius 1 is 1.00 bits per heavy atom. The van der Waals surface area contributed by atoms with Crippen molar-refractivity contribution in [3.63, 3.8) is 0 Å². The minimum absolute atomic E-state index is 0.0996. The summed E-state index contributed by atoms with van der Waals surface area (Å²) < 4.78 is 0. The third-order valence-corrected chi connectivity index (χ3v) is 4.07. The normalized spacial score (nSPS) is 11.4. The fourth-order valence-corrected chi connectivity index (χ4v) is 2.29. The van der Waals surface area contributed by atoms with Crippen molar-refractivity contribution in [1.82, 2.24) is 5.43 Å².